The van der Waals surface area contributed by atoms with Gasteiger partial charge >= 0.3 is 0 Å². The summed E-state index contributed by atoms with van der Waals surface area (Å²) in [6, 6.07) is 6.87. The Bertz CT molecular complexity index is 1510. The molecule has 204 valence electrons. The lowest BCUT2D eigenvalue weighted by Gasteiger charge is -2.36. The van der Waals surface area contributed by atoms with E-state index in [-0.39, 0.29) is 40.7 Å². The van der Waals surface area contributed by atoms with E-state index in [0.29, 0.717) is 24.2 Å². The van der Waals surface area contributed by atoms with Gasteiger partial charge in [-0.2, -0.15) is 5.10 Å². The number of fused-ring (bicyclic) bond motifs is 1. The van der Waals surface area contributed by atoms with Crippen LogP contribution in [0.1, 0.15) is 66.8 Å². The second-order valence-corrected chi connectivity index (χ2v) is 10.7. The normalized spacial score (nSPS) is 21.4. The SMILES string of the molecule is CC(C)NC(=O)c1ccc(F)c(-c2ccc3cnc(Cc4cnccc4[C@H]4C[C@@H](N)[C@H](O)[C@@H](C)C4)n3n2)c1F. The van der Waals surface area contributed by atoms with Crippen molar-refractivity contribution in [2.24, 2.45) is 11.7 Å². The number of nitrogens with two attached hydrogens (primary N) is 1. The lowest BCUT2D eigenvalue weighted by Crippen LogP contribution is -2.44. The van der Waals surface area contributed by atoms with Gasteiger partial charge in [0.05, 0.1) is 34.6 Å². The Hall–Kier alpha value is -3.76. The number of amides is 1. The number of imidazole rings is 1. The third-order valence-electron chi connectivity index (χ3n) is 7.43. The topological polar surface area (TPSA) is 118 Å². The Kier molecular flexibility index (Phi) is 7.42. The average molecular weight is 535 g/mol. The van der Waals surface area contributed by atoms with Crippen LogP contribution >= 0.6 is 0 Å². The van der Waals surface area contributed by atoms with E-state index < -0.39 is 23.6 Å². The monoisotopic (exact) mass is 534 g/mol. The summed E-state index contributed by atoms with van der Waals surface area (Å²) in [6.45, 7) is 5.53. The van der Waals surface area contributed by atoms with Gasteiger partial charge in [-0.3, -0.25) is 9.78 Å². The summed E-state index contributed by atoms with van der Waals surface area (Å²) in [5, 5.41) is 17.5. The zero-order valence-electron chi connectivity index (χ0n) is 22.1. The number of nitrogens with one attached hydrogen (secondary N) is 1. The molecule has 5 rings (SSSR count). The number of pyridine rings is 1. The van der Waals surface area contributed by atoms with Crippen molar-refractivity contribution in [3.63, 3.8) is 0 Å². The lowest BCUT2D eigenvalue weighted by molar-refractivity contribution is 0.0519. The second-order valence-electron chi connectivity index (χ2n) is 10.7. The number of carbonyl (C=O) groups excluding carboxylic acids is 1. The first kappa shape index (κ1) is 26.8. The minimum Gasteiger partial charge on any atom is -0.391 e. The number of halogens is 2. The van der Waals surface area contributed by atoms with Gasteiger partial charge in [0, 0.05) is 30.9 Å². The molecule has 1 fully saturated rings. The summed E-state index contributed by atoms with van der Waals surface area (Å²) in [5.41, 5.74) is 8.34. The van der Waals surface area contributed by atoms with Gasteiger partial charge in [0.2, 0.25) is 0 Å². The Balaban J connectivity index is 1.51. The molecule has 0 radical (unpaired) electrons. The molecular formula is C29H32F2N6O2. The van der Waals surface area contributed by atoms with E-state index >= 15 is 4.39 Å². The van der Waals surface area contributed by atoms with Crippen LogP contribution in [0, 0.1) is 17.6 Å². The van der Waals surface area contributed by atoms with Gasteiger partial charge in [0.25, 0.3) is 5.91 Å². The number of nitrogens with zero attached hydrogens (tertiary/aromatic N) is 4. The van der Waals surface area contributed by atoms with Crippen LogP contribution in [-0.4, -0.2) is 48.8 Å². The molecule has 10 heteroatoms. The number of carbonyl (C=O) groups is 1. The minimum absolute atomic E-state index is 0.0448. The molecule has 0 aliphatic heterocycles. The Morgan fingerprint density at radius 1 is 1.18 bits per heavy atom. The van der Waals surface area contributed by atoms with Crippen LogP contribution in [0.2, 0.25) is 0 Å². The summed E-state index contributed by atoms with van der Waals surface area (Å²) in [7, 11) is 0. The molecule has 3 aromatic heterocycles. The van der Waals surface area contributed by atoms with Crippen molar-refractivity contribution in [2.45, 2.75) is 64.1 Å². The molecule has 0 spiro atoms. The van der Waals surface area contributed by atoms with Crippen molar-refractivity contribution in [2.75, 3.05) is 0 Å². The maximum absolute atomic E-state index is 15.4. The number of aliphatic hydroxyl groups excluding tert-OH is 1. The Morgan fingerprint density at radius 2 is 1.97 bits per heavy atom. The third kappa shape index (κ3) is 5.26. The van der Waals surface area contributed by atoms with Crippen LogP contribution in [0.4, 0.5) is 8.78 Å². The van der Waals surface area contributed by atoms with E-state index in [0.717, 1.165) is 29.7 Å². The summed E-state index contributed by atoms with van der Waals surface area (Å²) in [4.78, 5) is 21.3. The number of aliphatic hydroxyl groups is 1. The molecule has 1 aliphatic carbocycles. The van der Waals surface area contributed by atoms with E-state index in [1.165, 1.54) is 6.07 Å². The molecule has 1 aromatic carbocycles. The largest absolute Gasteiger partial charge is 0.391 e. The molecule has 0 saturated heterocycles. The van der Waals surface area contributed by atoms with Crippen LogP contribution in [0.5, 0.6) is 0 Å². The highest BCUT2D eigenvalue weighted by Gasteiger charge is 2.34. The van der Waals surface area contributed by atoms with Crippen LogP contribution in [0.3, 0.4) is 0 Å². The van der Waals surface area contributed by atoms with Gasteiger partial charge in [-0.1, -0.05) is 6.92 Å². The maximum atomic E-state index is 15.4. The van der Waals surface area contributed by atoms with Crippen molar-refractivity contribution in [1.29, 1.82) is 0 Å². The number of hydrogen-bond donors (Lipinski definition) is 3. The van der Waals surface area contributed by atoms with E-state index in [2.05, 4.69) is 20.4 Å². The quantitative estimate of drug-likeness (QED) is 0.344. The highest BCUT2D eigenvalue weighted by molar-refractivity contribution is 5.96. The number of rotatable bonds is 6. The molecule has 3 heterocycles. The van der Waals surface area contributed by atoms with Gasteiger partial charge in [0.15, 0.2) is 0 Å². The zero-order chi connectivity index (χ0) is 27.8. The van der Waals surface area contributed by atoms with Crippen LogP contribution in [0.15, 0.2) is 48.9 Å². The fraction of sp³-hybridized carbons (Fsp3) is 0.379. The van der Waals surface area contributed by atoms with Gasteiger partial charge in [-0.25, -0.2) is 18.3 Å². The Labute approximate surface area is 225 Å². The first-order valence-corrected chi connectivity index (χ1v) is 13.1. The van der Waals surface area contributed by atoms with Gasteiger partial charge < -0.3 is 16.2 Å². The van der Waals surface area contributed by atoms with Crippen molar-refractivity contribution < 1.29 is 18.7 Å². The molecule has 0 unspecified atom stereocenters. The van der Waals surface area contributed by atoms with Gasteiger partial charge in [-0.15, -0.1) is 0 Å². The standard InChI is InChI=1S/C29H32F2N6O2/c1-15(2)35-29(39)21-5-6-22(30)26(27(21)31)24-7-4-19-14-34-25(37(19)36-24)12-18-13-33-9-8-20(18)17-10-16(3)28(38)23(32)11-17/h4-9,13-17,23,28,38H,10-12,32H2,1-3H3,(H,35,39)/t16-,17+,23+,28+/m0/s1. The molecule has 0 bridgehead atoms. The lowest BCUT2D eigenvalue weighted by atomic mass is 9.74. The molecule has 4 aromatic rings. The van der Waals surface area contributed by atoms with Crippen molar-refractivity contribution in [3.05, 3.63) is 83.1 Å². The number of benzene rings is 1. The number of aromatic nitrogens is 4. The molecule has 4 atom stereocenters. The van der Waals surface area contributed by atoms with Crippen LogP contribution in [-0.2, 0) is 6.42 Å². The van der Waals surface area contributed by atoms with E-state index in [1.54, 1.807) is 43.0 Å². The molecule has 1 aliphatic rings. The molecular weight excluding hydrogens is 502 g/mol. The van der Waals surface area contributed by atoms with E-state index in [4.69, 9.17) is 5.73 Å². The first-order chi connectivity index (χ1) is 18.6. The van der Waals surface area contributed by atoms with Crippen LogP contribution in [0.25, 0.3) is 16.8 Å². The molecule has 8 nitrogen and oxygen atoms in total. The highest BCUT2D eigenvalue weighted by Crippen LogP contribution is 2.37. The first-order valence-electron chi connectivity index (χ1n) is 13.1. The summed E-state index contributed by atoms with van der Waals surface area (Å²) < 4.78 is 31.9. The van der Waals surface area contributed by atoms with Gasteiger partial charge in [-0.05, 0) is 80.0 Å². The van der Waals surface area contributed by atoms with E-state index in [9.17, 15) is 14.3 Å². The average Bonchev–Trinajstić information content (AvgIpc) is 3.29. The predicted octanol–water partition coefficient (Wildman–Crippen LogP) is 4.00. The zero-order valence-corrected chi connectivity index (χ0v) is 22.1. The molecule has 4 N–H and O–H groups in total. The highest BCUT2D eigenvalue weighted by atomic mass is 19.1. The third-order valence-corrected chi connectivity index (χ3v) is 7.43. The Morgan fingerprint density at radius 3 is 2.72 bits per heavy atom. The minimum atomic E-state index is -0.971. The fourth-order valence-corrected chi connectivity index (χ4v) is 5.47. The van der Waals surface area contributed by atoms with Crippen LogP contribution < -0.4 is 11.1 Å². The van der Waals surface area contributed by atoms with Gasteiger partial charge in [0.1, 0.15) is 17.5 Å². The van der Waals surface area contributed by atoms with E-state index in [1.807, 2.05) is 13.0 Å². The summed E-state index contributed by atoms with van der Waals surface area (Å²) in [6.07, 6.45) is 6.50. The molecule has 39 heavy (non-hydrogen) atoms. The summed E-state index contributed by atoms with van der Waals surface area (Å²) in [5.74, 6) is -1.61. The number of hydrogen-bond acceptors (Lipinski definition) is 6. The summed E-state index contributed by atoms with van der Waals surface area (Å²) >= 11 is 0. The fourth-order valence-electron chi connectivity index (χ4n) is 5.47. The van der Waals surface area contributed by atoms with Crippen molar-refractivity contribution in [3.8, 4) is 11.3 Å². The second kappa shape index (κ2) is 10.8. The van der Waals surface area contributed by atoms with Crippen molar-refractivity contribution in [1.82, 2.24) is 24.9 Å². The smallest absolute Gasteiger partial charge is 0.254 e. The maximum Gasteiger partial charge on any atom is 0.254 e. The molecule has 1 amide bonds. The molecule has 1 saturated carbocycles. The predicted molar refractivity (Wildman–Crippen MR) is 143 cm³/mol. The van der Waals surface area contributed by atoms with Crippen molar-refractivity contribution >= 4 is 11.4 Å².